The van der Waals surface area contributed by atoms with Crippen molar-refractivity contribution < 1.29 is 0 Å². The number of allylic oxidation sites excluding steroid dienone is 7. The smallest absolute Gasteiger partial charge is 0.000187 e. The third-order valence-corrected chi connectivity index (χ3v) is 2.61. The highest BCUT2D eigenvalue weighted by atomic mass is 32.2. The first kappa shape index (κ1) is 6.05. The average molecular weight is 148 g/mol. The summed E-state index contributed by atoms with van der Waals surface area (Å²) in [5.41, 5.74) is 1.38. The fourth-order valence-electron chi connectivity index (χ4n) is 1.08. The van der Waals surface area contributed by atoms with Crippen molar-refractivity contribution in [3.63, 3.8) is 0 Å². The van der Waals surface area contributed by atoms with E-state index >= 15 is 0 Å². The maximum Gasteiger partial charge on any atom is 0.000187 e. The molecule has 0 spiro atoms. The first-order valence-corrected chi connectivity index (χ1v) is 4.24. The lowest BCUT2D eigenvalue weighted by molar-refractivity contribution is 1.36. The van der Waals surface area contributed by atoms with E-state index in [-0.39, 0.29) is 0 Å². The van der Waals surface area contributed by atoms with Gasteiger partial charge in [-0.25, -0.2) is 0 Å². The van der Waals surface area contributed by atoms with Gasteiger partial charge < -0.3 is 0 Å². The number of rotatable bonds is 0. The summed E-state index contributed by atoms with van der Waals surface area (Å²) in [6.07, 6.45) is 11.8. The van der Waals surface area contributed by atoms with Crippen molar-refractivity contribution in [1.29, 1.82) is 0 Å². The zero-order valence-corrected chi connectivity index (χ0v) is 6.40. The van der Waals surface area contributed by atoms with Gasteiger partial charge in [-0.3, -0.25) is 0 Å². The molecule has 1 aliphatic carbocycles. The van der Waals surface area contributed by atoms with Gasteiger partial charge in [0.15, 0.2) is 0 Å². The molecular weight excluding hydrogens is 140 g/mol. The molecule has 0 unspecified atom stereocenters. The van der Waals surface area contributed by atoms with Crippen LogP contribution in [0.2, 0.25) is 0 Å². The Labute approximate surface area is 65.0 Å². The molecule has 0 aromatic heterocycles. The molecule has 0 bridgehead atoms. The summed E-state index contributed by atoms with van der Waals surface area (Å²) in [5.74, 6) is 0. The van der Waals surface area contributed by atoms with Crippen molar-refractivity contribution in [1.82, 2.24) is 0 Å². The predicted octanol–water partition coefficient (Wildman–Crippen LogP) is 3.02. The monoisotopic (exact) mass is 148 g/mol. The fourth-order valence-corrected chi connectivity index (χ4v) is 1.90. The van der Waals surface area contributed by atoms with E-state index < -0.39 is 0 Å². The first-order valence-electron chi connectivity index (χ1n) is 3.36. The molecule has 0 aromatic carbocycles. The highest BCUT2D eigenvalue weighted by molar-refractivity contribution is 8.06. The molecule has 0 saturated carbocycles. The van der Waals surface area contributed by atoms with Crippen LogP contribution in [0.25, 0.3) is 0 Å². The molecule has 2 rings (SSSR count). The summed E-state index contributed by atoms with van der Waals surface area (Å²) in [5, 5.41) is 2.16. The summed E-state index contributed by atoms with van der Waals surface area (Å²) in [6.45, 7) is 0. The van der Waals surface area contributed by atoms with Gasteiger partial charge in [-0.1, -0.05) is 30.4 Å². The molecule has 0 radical (unpaired) electrons. The van der Waals surface area contributed by atoms with E-state index in [9.17, 15) is 0 Å². The zero-order chi connectivity index (χ0) is 6.81. The van der Waals surface area contributed by atoms with E-state index in [4.69, 9.17) is 0 Å². The summed E-state index contributed by atoms with van der Waals surface area (Å²) < 4.78 is 0. The molecule has 1 heteroatoms. The highest BCUT2D eigenvalue weighted by Gasteiger charge is 2.05. The van der Waals surface area contributed by atoms with E-state index in [1.165, 1.54) is 10.5 Å². The van der Waals surface area contributed by atoms with Gasteiger partial charge in [-0.2, -0.15) is 0 Å². The fraction of sp³-hybridized carbons (Fsp3) is 0.111. The lowest BCUT2D eigenvalue weighted by atomic mass is 10.2. The molecule has 50 valence electrons. The second-order valence-electron chi connectivity index (χ2n) is 2.29. The van der Waals surface area contributed by atoms with Crippen molar-refractivity contribution in [2.45, 2.75) is 6.42 Å². The van der Waals surface area contributed by atoms with E-state index in [0.717, 1.165) is 6.42 Å². The Kier molecular flexibility index (Phi) is 1.52. The Morgan fingerprint density at radius 1 is 1.20 bits per heavy atom. The lowest BCUT2D eigenvalue weighted by Gasteiger charge is -1.95. The Morgan fingerprint density at radius 3 is 2.60 bits per heavy atom. The number of hydrogen-bond acceptors (Lipinski definition) is 1. The van der Waals surface area contributed by atoms with Gasteiger partial charge in [0.1, 0.15) is 0 Å². The Bertz CT molecular complexity index is 230. The van der Waals surface area contributed by atoms with Crippen LogP contribution in [0.4, 0.5) is 0 Å². The highest BCUT2D eigenvalue weighted by Crippen LogP contribution is 2.32. The van der Waals surface area contributed by atoms with Gasteiger partial charge in [0, 0.05) is 4.91 Å². The number of thioether (sulfide) groups is 1. The average Bonchev–Trinajstić information content (AvgIpc) is 2.59. The molecule has 0 aromatic rings. The minimum atomic E-state index is 1.12. The summed E-state index contributed by atoms with van der Waals surface area (Å²) >= 11 is 1.84. The van der Waals surface area contributed by atoms with Crippen LogP contribution in [0.15, 0.2) is 46.3 Å². The second kappa shape index (κ2) is 2.51. The predicted molar refractivity (Wildman–Crippen MR) is 46.7 cm³/mol. The summed E-state index contributed by atoms with van der Waals surface area (Å²) in [4.78, 5) is 1.48. The molecule has 0 N–H and O–H groups in total. The molecule has 1 aliphatic heterocycles. The van der Waals surface area contributed by atoms with Gasteiger partial charge in [-0.15, -0.1) is 11.8 Å². The molecule has 0 amide bonds. The molecule has 0 saturated heterocycles. The maximum atomic E-state index is 2.20. The first-order chi connectivity index (χ1) is 4.97. The van der Waals surface area contributed by atoms with Crippen molar-refractivity contribution in [3.05, 3.63) is 46.3 Å². The molecule has 0 nitrogen and oxygen atoms in total. The largest absolute Gasteiger partial charge is 0.102 e. The standard InChI is InChI=1S/C9H8S/c1-2-5-8(4-1)9-6-3-7-10-9/h1-5,7H,6H2. The van der Waals surface area contributed by atoms with Crippen LogP contribution < -0.4 is 0 Å². The van der Waals surface area contributed by atoms with Crippen molar-refractivity contribution in [3.8, 4) is 0 Å². The van der Waals surface area contributed by atoms with Crippen LogP contribution in [-0.4, -0.2) is 0 Å². The molecular formula is C9H8S. The minimum Gasteiger partial charge on any atom is -0.102 e. The summed E-state index contributed by atoms with van der Waals surface area (Å²) in [7, 11) is 0. The molecule has 0 atom stereocenters. The molecule has 0 fully saturated rings. The quantitative estimate of drug-likeness (QED) is 0.509. The van der Waals surface area contributed by atoms with Crippen LogP contribution in [0, 0.1) is 0 Å². The van der Waals surface area contributed by atoms with Gasteiger partial charge in [0.05, 0.1) is 0 Å². The van der Waals surface area contributed by atoms with E-state index in [1.54, 1.807) is 0 Å². The Balaban J connectivity index is 2.29. The van der Waals surface area contributed by atoms with Crippen molar-refractivity contribution in [2.24, 2.45) is 0 Å². The molecule has 10 heavy (non-hydrogen) atoms. The summed E-state index contributed by atoms with van der Waals surface area (Å²) in [6, 6.07) is 0. The van der Waals surface area contributed by atoms with Gasteiger partial charge in [0.25, 0.3) is 0 Å². The number of hydrogen-bond donors (Lipinski definition) is 0. The third-order valence-electron chi connectivity index (χ3n) is 1.59. The molecule has 1 heterocycles. The van der Waals surface area contributed by atoms with Crippen LogP contribution in [0.5, 0.6) is 0 Å². The SMILES string of the molecule is C1=CC(=C2CC=CS2)C=C1. The van der Waals surface area contributed by atoms with Crippen molar-refractivity contribution >= 4 is 11.8 Å². The van der Waals surface area contributed by atoms with Crippen LogP contribution in [-0.2, 0) is 0 Å². The van der Waals surface area contributed by atoms with Crippen molar-refractivity contribution in [2.75, 3.05) is 0 Å². The van der Waals surface area contributed by atoms with Crippen LogP contribution >= 0.6 is 11.8 Å². The maximum absolute atomic E-state index is 2.20. The Morgan fingerprint density at radius 2 is 2.00 bits per heavy atom. The minimum absolute atomic E-state index is 1.12. The third kappa shape index (κ3) is 0.971. The van der Waals surface area contributed by atoms with E-state index in [1.807, 2.05) is 11.8 Å². The van der Waals surface area contributed by atoms with E-state index in [0.29, 0.717) is 0 Å². The lowest BCUT2D eigenvalue weighted by Crippen LogP contribution is -1.73. The molecule has 2 aliphatic rings. The van der Waals surface area contributed by atoms with Crippen LogP contribution in [0.1, 0.15) is 6.42 Å². The Hall–Kier alpha value is -0.690. The van der Waals surface area contributed by atoms with E-state index in [2.05, 4.69) is 35.8 Å². The normalized spacial score (nSPS) is 21.6. The van der Waals surface area contributed by atoms with Gasteiger partial charge in [-0.05, 0) is 17.4 Å². The van der Waals surface area contributed by atoms with Crippen LogP contribution in [0.3, 0.4) is 0 Å². The second-order valence-corrected chi connectivity index (χ2v) is 3.29. The topological polar surface area (TPSA) is 0 Å². The van der Waals surface area contributed by atoms with Gasteiger partial charge in [0.2, 0.25) is 0 Å². The zero-order valence-electron chi connectivity index (χ0n) is 5.58. The van der Waals surface area contributed by atoms with Gasteiger partial charge >= 0.3 is 0 Å².